The minimum absolute atomic E-state index is 0.0749. The minimum atomic E-state index is -0.260. The summed E-state index contributed by atoms with van der Waals surface area (Å²) < 4.78 is 1.92. The molecule has 2 amide bonds. The highest BCUT2D eigenvalue weighted by Gasteiger charge is 2.40. The molecule has 2 aliphatic heterocycles. The van der Waals surface area contributed by atoms with Gasteiger partial charge in [0.1, 0.15) is 5.82 Å². The lowest BCUT2D eigenvalue weighted by molar-refractivity contribution is 0.0783. The van der Waals surface area contributed by atoms with Crippen molar-refractivity contribution in [1.29, 1.82) is 0 Å². The Morgan fingerprint density at radius 3 is 2.57 bits per heavy atom. The normalized spacial score (nSPS) is 19.8. The van der Waals surface area contributed by atoms with E-state index >= 15 is 0 Å². The van der Waals surface area contributed by atoms with Gasteiger partial charge in [0.2, 0.25) is 5.82 Å². The second-order valence-corrected chi connectivity index (χ2v) is 8.17. The van der Waals surface area contributed by atoms with E-state index in [4.69, 9.17) is 0 Å². The number of carbonyl (C=O) groups is 2. The molecule has 2 atom stereocenters. The number of benzene rings is 2. The molecule has 3 heterocycles. The molecule has 1 aromatic heterocycles. The summed E-state index contributed by atoms with van der Waals surface area (Å²) in [4.78, 5) is 27.6. The molecule has 7 heteroatoms. The number of nitrogens with one attached hydrogen (secondary N) is 1. The van der Waals surface area contributed by atoms with Gasteiger partial charge in [0, 0.05) is 37.3 Å². The van der Waals surface area contributed by atoms with Gasteiger partial charge in [0.25, 0.3) is 11.8 Å². The third kappa shape index (κ3) is 3.36. The molecule has 1 N–H and O–H groups in total. The van der Waals surface area contributed by atoms with E-state index in [-0.39, 0.29) is 11.8 Å². The van der Waals surface area contributed by atoms with Crippen LogP contribution >= 0.6 is 0 Å². The maximum atomic E-state index is 13.0. The van der Waals surface area contributed by atoms with Crippen LogP contribution in [0.3, 0.4) is 0 Å². The monoisotopic (exact) mass is 401 g/mol. The van der Waals surface area contributed by atoms with Gasteiger partial charge < -0.3 is 14.8 Å². The minimum Gasteiger partial charge on any atom is -0.338 e. The van der Waals surface area contributed by atoms with Crippen molar-refractivity contribution in [2.75, 3.05) is 18.4 Å². The molecule has 5 rings (SSSR count). The summed E-state index contributed by atoms with van der Waals surface area (Å²) in [6.07, 6.45) is 0.730. The van der Waals surface area contributed by atoms with Gasteiger partial charge in [0.05, 0.1) is 0 Å². The number of aryl methyl sites for hydroxylation is 1. The third-order valence-electron chi connectivity index (χ3n) is 6.05. The van der Waals surface area contributed by atoms with Crippen molar-refractivity contribution in [2.24, 2.45) is 11.8 Å². The first-order valence-electron chi connectivity index (χ1n) is 10.2. The summed E-state index contributed by atoms with van der Waals surface area (Å²) in [6.45, 7) is 4.06. The fourth-order valence-corrected chi connectivity index (χ4v) is 4.53. The van der Waals surface area contributed by atoms with Crippen LogP contribution in [-0.2, 0) is 13.0 Å². The third-order valence-corrected chi connectivity index (χ3v) is 6.05. The molecular weight excluding hydrogens is 378 g/mol. The van der Waals surface area contributed by atoms with Crippen molar-refractivity contribution in [2.45, 2.75) is 19.9 Å². The number of nitrogens with zero attached hydrogens (tertiary/aromatic N) is 4. The first-order chi connectivity index (χ1) is 14.6. The predicted molar refractivity (Wildman–Crippen MR) is 112 cm³/mol. The van der Waals surface area contributed by atoms with Crippen LogP contribution in [0.2, 0.25) is 0 Å². The molecule has 0 spiro atoms. The lowest BCUT2D eigenvalue weighted by Crippen LogP contribution is -2.31. The van der Waals surface area contributed by atoms with Crippen molar-refractivity contribution in [3.63, 3.8) is 0 Å². The highest BCUT2D eigenvalue weighted by atomic mass is 16.2. The summed E-state index contributed by atoms with van der Waals surface area (Å²) in [7, 11) is 0. The number of anilines is 1. The number of para-hydroxylation sites is 1. The van der Waals surface area contributed by atoms with Crippen LogP contribution in [0.15, 0.2) is 54.6 Å². The quantitative estimate of drug-likeness (QED) is 0.732. The van der Waals surface area contributed by atoms with Crippen molar-refractivity contribution in [3.8, 4) is 0 Å². The molecular formula is C23H23N5O2. The number of hydrogen-bond acceptors (Lipinski definition) is 4. The molecule has 0 radical (unpaired) electrons. The molecule has 1 fully saturated rings. The van der Waals surface area contributed by atoms with Crippen LogP contribution in [0, 0.1) is 18.8 Å². The molecule has 30 heavy (non-hydrogen) atoms. The SMILES string of the molecule is Cc1cccc(C(=O)N2C[C@@H]3Cc4nnc(C(=O)Nc5ccccc5)n4C[C@@H]3C2)c1. The molecule has 2 aromatic carbocycles. The highest BCUT2D eigenvalue weighted by Crippen LogP contribution is 2.33. The number of rotatable bonds is 3. The van der Waals surface area contributed by atoms with Gasteiger partial charge in [-0.2, -0.15) is 0 Å². The number of carbonyl (C=O) groups excluding carboxylic acids is 2. The first kappa shape index (κ1) is 18.5. The van der Waals surface area contributed by atoms with E-state index in [9.17, 15) is 9.59 Å². The van der Waals surface area contributed by atoms with Crippen LogP contribution in [0.5, 0.6) is 0 Å². The summed E-state index contributed by atoms with van der Waals surface area (Å²) in [5, 5.41) is 11.3. The van der Waals surface area contributed by atoms with Gasteiger partial charge in [-0.05, 0) is 43.0 Å². The Bertz CT molecular complexity index is 1110. The van der Waals surface area contributed by atoms with Crippen molar-refractivity contribution >= 4 is 17.5 Å². The van der Waals surface area contributed by atoms with E-state index in [1.807, 2.05) is 71.0 Å². The second kappa shape index (κ2) is 7.40. The van der Waals surface area contributed by atoms with E-state index in [0.717, 1.165) is 35.6 Å². The second-order valence-electron chi connectivity index (χ2n) is 8.17. The summed E-state index contributed by atoms with van der Waals surface area (Å²) in [5.41, 5.74) is 2.54. The largest absolute Gasteiger partial charge is 0.338 e. The molecule has 0 saturated carbocycles. The lowest BCUT2D eigenvalue weighted by Gasteiger charge is -2.25. The van der Waals surface area contributed by atoms with E-state index in [2.05, 4.69) is 15.5 Å². The molecule has 3 aromatic rings. The molecule has 1 saturated heterocycles. The Labute approximate surface area is 174 Å². The molecule has 0 unspecified atom stereocenters. The van der Waals surface area contributed by atoms with Gasteiger partial charge in [0.15, 0.2) is 0 Å². The highest BCUT2D eigenvalue weighted by molar-refractivity contribution is 6.01. The topological polar surface area (TPSA) is 80.1 Å². The van der Waals surface area contributed by atoms with Gasteiger partial charge in [-0.25, -0.2) is 0 Å². The smallest absolute Gasteiger partial charge is 0.293 e. The zero-order valence-corrected chi connectivity index (χ0v) is 16.8. The summed E-state index contributed by atoms with van der Waals surface area (Å²) >= 11 is 0. The molecule has 152 valence electrons. The fraction of sp³-hybridized carbons (Fsp3) is 0.304. The molecule has 2 aliphatic rings. The Hall–Kier alpha value is -3.48. The van der Waals surface area contributed by atoms with E-state index in [1.165, 1.54) is 0 Å². The van der Waals surface area contributed by atoms with Crippen LogP contribution in [-0.4, -0.2) is 44.6 Å². The number of hydrogen-bond donors (Lipinski definition) is 1. The number of amides is 2. The number of likely N-dealkylation sites (tertiary alicyclic amines) is 1. The van der Waals surface area contributed by atoms with Crippen molar-refractivity contribution < 1.29 is 9.59 Å². The maximum absolute atomic E-state index is 13.0. The van der Waals surface area contributed by atoms with Crippen LogP contribution < -0.4 is 5.32 Å². The van der Waals surface area contributed by atoms with Crippen LogP contribution in [0.1, 0.15) is 32.4 Å². The zero-order valence-electron chi connectivity index (χ0n) is 16.8. The maximum Gasteiger partial charge on any atom is 0.293 e. The number of aromatic nitrogens is 3. The van der Waals surface area contributed by atoms with Crippen molar-refractivity contribution in [3.05, 3.63) is 77.4 Å². The van der Waals surface area contributed by atoms with Gasteiger partial charge >= 0.3 is 0 Å². The zero-order chi connectivity index (χ0) is 20.7. The molecule has 0 aliphatic carbocycles. The van der Waals surface area contributed by atoms with Gasteiger partial charge in [-0.3, -0.25) is 9.59 Å². The van der Waals surface area contributed by atoms with E-state index in [1.54, 1.807) is 0 Å². The first-order valence-corrected chi connectivity index (χ1v) is 10.2. The molecule has 0 bridgehead atoms. The fourth-order valence-electron chi connectivity index (χ4n) is 4.53. The van der Waals surface area contributed by atoms with Crippen LogP contribution in [0.4, 0.5) is 5.69 Å². The number of fused-ring (bicyclic) bond motifs is 2. The van der Waals surface area contributed by atoms with Gasteiger partial charge in [-0.1, -0.05) is 35.9 Å². The summed E-state index contributed by atoms with van der Waals surface area (Å²) in [5.74, 6) is 1.61. The summed E-state index contributed by atoms with van der Waals surface area (Å²) in [6, 6.07) is 17.1. The lowest BCUT2D eigenvalue weighted by atomic mass is 9.89. The standard InChI is InChI=1S/C23H23N5O2/c1-15-6-5-7-16(10-15)23(30)27-12-17-11-20-25-26-21(28(20)14-18(17)13-27)22(29)24-19-8-3-2-4-9-19/h2-10,17-18H,11-14H2,1H3,(H,24,29)/t17-,18-/m0/s1. The van der Waals surface area contributed by atoms with Crippen molar-refractivity contribution in [1.82, 2.24) is 19.7 Å². The Morgan fingerprint density at radius 2 is 1.77 bits per heavy atom. The molecule has 7 nitrogen and oxygen atoms in total. The Balaban J connectivity index is 1.31. The average Bonchev–Trinajstić information content (AvgIpc) is 3.35. The van der Waals surface area contributed by atoms with Gasteiger partial charge in [-0.15, -0.1) is 10.2 Å². The predicted octanol–water partition coefficient (Wildman–Crippen LogP) is 2.78. The Kier molecular flexibility index (Phi) is 4.58. The average molecular weight is 401 g/mol. The van der Waals surface area contributed by atoms with E-state index in [0.29, 0.717) is 30.7 Å². The Morgan fingerprint density at radius 1 is 0.967 bits per heavy atom. The van der Waals surface area contributed by atoms with E-state index < -0.39 is 0 Å². The van der Waals surface area contributed by atoms with Crippen LogP contribution in [0.25, 0.3) is 0 Å².